The predicted molar refractivity (Wildman–Crippen MR) is 320 cm³/mol. The number of hydrogen-bond donors (Lipinski definition) is 0. The number of fused-ring (bicyclic) bond motifs is 28. The monoisotopic (exact) mass is 1020 g/mol. The quantitative estimate of drug-likeness (QED) is 0.174. The first-order valence-electron chi connectivity index (χ1n) is 27.2. The van der Waals surface area contributed by atoms with Gasteiger partial charge in [-0.25, -0.2) is 0 Å². The number of rotatable bonds is 3. The van der Waals surface area contributed by atoms with E-state index in [9.17, 15) is 0 Å². The highest BCUT2D eigenvalue weighted by Gasteiger charge is 2.55. The Morgan fingerprint density at radius 3 is 0.897 bits per heavy atom. The highest BCUT2D eigenvalue weighted by molar-refractivity contribution is 7.99. The van der Waals surface area contributed by atoms with Crippen LogP contribution < -0.4 is 4.90 Å². The van der Waals surface area contributed by atoms with Gasteiger partial charge in [0.1, 0.15) is 0 Å². The second kappa shape index (κ2) is 15.6. The molecule has 1 nitrogen and oxygen atoms in total. The molecule has 3 spiro atoms. The number of nitrogens with zero attached hydrogens (tertiary/aromatic N) is 1. The lowest BCUT2D eigenvalue weighted by molar-refractivity contribution is 0.722. The van der Waals surface area contributed by atoms with E-state index in [0.717, 1.165) is 17.1 Å². The summed E-state index contributed by atoms with van der Waals surface area (Å²) < 4.78 is 0. The Hall–Kier alpha value is -8.86. The van der Waals surface area contributed by atoms with Crippen LogP contribution >= 0.6 is 23.5 Å². The second-order valence-electron chi connectivity index (χ2n) is 21.7. The van der Waals surface area contributed by atoms with Crippen LogP contribution in [0, 0.1) is 0 Å². The molecule has 0 saturated carbocycles. The van der Waals surface area contributed by atoms with E-state index < -0.39 is 16.2 Å². The summed E-state index contributed by atoms with van der Waals surface area (Å²) in [7, 11) is 0. The van der Waals surface area contributed by atoms with Gasteiger partial charge in [-0.15, -0.1) is 0 Å². The fraction of sp³-hybridized carbons (Fsp3) is 0.0400. The summed E-state index contributed by atoms with van der Waals surface area (Å²) in [6.45, 7) is 0. The standard InChI is InChI=1S/C75H45NS2/c1-6-25-55-48(20-1)49-21-2-7-26-56(49)73(55)57-27-8-3-22-50(57)52-42-40-46(44-65(52)73)76(47-41-43-53-51-23-4-9-28-58(51)75(66(53)45-47)62-32-13-17-38-70(62)78-71-39-18-14-33-63(71)75)67-35-19-34-64-72(67)54-24-5-10-29-59(54)74(64)60-30-11-15-36-68(60)77-69-37-16-12-31-61(69)74/h1-45H. The normalized spacial score (nSPS) is 15.4. The van der Waals surface area contributed by atoms with Crippen LogP contribution in [0.2, 0.25) is 0 Å². The minimum atomic E-state index is -0.546. The Labute approximate surface area is 462 Å². The fourth-order valence-electron chi connectivity index (χ4n) is 15.7. The molecule has 18 rings (SSSR count). The third-order valence-corrected chi connectivity index (χ3v) is 20.7. The topological polar surface area (TPSA) is 3.24 Å². The van der Waals surface area contributed by atoms with Gasteiger partial charge in [0.2, 0.25) is 0 Å². The molecule has 0 atom stereocenters. The van der Waals surface area contributed by atoms with Crippen LogP contribution in [-0.4, -0.2) is 0 Å². The number of hydrogen-bond acceptors (Lipinski definition) is 3. The first kappa shape index (κ1) is 43.3. The van der Waals surface area contributed by atoms with E-state index in [1.54, 1.807) is 0 Å². The van der Waals surface area contributed by atoms with Gasteiger partial charge in [-0.3, -0.25) is 0 Å². The van der Waals surface area contributed by atoms with Crippen molar-refractivity contribution in [2.24, 2.45) is 0 Å². The first-order valence-corrected chi connectivity index (χ1v) is 28.8. The third-order valence-electron chi connectivity index (χ3n) is 18.4. The number of benzene rings is 12. The van der Waals surface area contributed by atoms with Crippen molar-refractivity contribution in [1.29, 1.82) is 0 Å². The lowest BCUT2D eigenvalue weighted by Gasteiger charge is -2.40. The summed E-state index contributed by atoms with van der Waals surface area (Å²) in [5, 5.41) is 0. The minimum Gasteiger partial charge on any atom is -0.310 e. The molecule has 6 aliphatic rings. The van der Waals surface area contributed by atoms with Gasteiger partial charge in [0.05, 0.1) is 21.9 Å². The van der Waals surface area contributed by atoms with Crippen molar-refractivity contribution in [3.63, 3.8) is 0 Å². The molecule has 3 heteroatoms. The molecule has 0 N–H and O–H groups in total. The summed E-state index contributed by atoms with van der Waals surface area (Å²) in [4.78, 5) is 7.85. The smallest absolute Gasteiger partial charge is 0.0736 e. The zero-order valence-corrected chi connectivity index (χ0v) is 43.9. The van der Waals surface area contributed by atoms with Gasteiger partial charge in [0.15, 0.2) is 0 Å². The molecule has 0 amide bonds. The van der Waals surface area contributed by atoms with Gasteiger partial charge in [-0.05, 0) is 160 Å². The van der Waals surface area contributed by atoms with Crippen molar-refractivity contribution in [2.75, 3.05) is 4.90 Å². The average Bonchev–Trinajstić information content (AvgIpc) is 4.29. The van der Waals surface area contributed by atoms with Gasteiger partial charge in [0.25, 0.3) is 0 Å². The van der Waals surface area contributed by atoms with Crippen molar-refractivity contribution in [2.45, 2.75) is 35.8 Å². The summed E-state index contributed by atoms with van der Waals surface area (Å²) in [5.41, 5.74) is 28.1. The molecule has 0 radical (unpaired) electrons. The van der Waals surface area contributed by atoms with Gasteiger partial charge in [0, 0.05) is 36.5 Å². The molecular weight excluding hydrogens is 979 g/mol. The van der Waals surface area contributed by atoms with Crippen LogP contribution in [0.1, 0.15) is 66.8 Å². The van der Waals surface area contributed by atoms with E-state index in [1.165, 1.54) is 131 Å². The molecule has 12 aromatic rings. The van der Waals surface area contributed by atoms with E-state index in [1.807, 2.05) is 23.5 Å². The number of anilines is 3. The SMILES string of the molecule is c1ccc2c(c1)Sc1ccccc1C21c2ccccc2-c2ccc(N(c3ccc4c(c3)C3(c5ccccc5-c5ccccc53)c3ccccc3-4)c3cccc4c3-c3ccccc3C43c4ccccc4Sc4ccccc43)cc21. The Bertz CT molecular complexity index is 4460. The van der Waals surface area contributed by atoms with Crippen LogP contribution in [0.3, 0.4) is 0 Å². The molecule has 12 aromatic carbocycles. The molecule has 0 fully saturated rings. The van der Waals surface area contributed by atoms with E-state index >= 15 is 0 Å². The molecule has 362 valence electrons. The van der Waals surface area contributed by atoms with Crippen molar-refractivity contribution in [3.05, 3.63) is 340 Å². The summed E-state index contributed by atoms with van der Waals surface area (Å²) in [6, 6.07) is 105. The third kappa shape index (κ3) is 5.18. The zero-order chi connectivity index (χ0) is 50.9. The fourth-order valence-corrected chi connectivity index (χ4v) is 18.1. The molecule has 0 bridgehead atoms. The molecule has 0 aromatic heterocycles. The van der Waals surface area contributed by atoms with Crippen molar-refractivity contribution in [3.8, 4) is 44.5 Å². The Balaban J connectivity index is 0.962. The van der Waals surface area contributed by atoms with E-state index in [4.69, 9.17) is 0 Å². The minimum absolute atomic E-state index is 0.514. The highest BCUT2D eigenvalue weighted by Crippen LogP contribution is 2.68. The zero-order valence-electron chi connectivity index (χ0n) is 42.2. The van der Waals surface area contributed by atoms with Gasteiger partial charge < -0.3 is 4.90 Å². The van der Waals surface area contributed by atoms with Gasteiger partial charge in [-0.2, -0.15) is 0 Å². The lowest BCUT2D eigenvalue weighted by atomic mass is 9.67. The molecule has 78 heavy (non-hydrogen) atoms. The summed E-state index contributed by atoms with van der Waals surface area (Å²) in [6.07, 6.45) is 0. The van der Waals surface area contributed by atoms with Crippen LogP contribution in [0.4, 0.5) is 17.1 Å². The van der Waals surface area contributed by atoms with Crippen LogP contribution in [0.15, 0.2) is 293 Å². The van der Waals surface area contributed by atoms with Crippen molar-refractivity contribution < 1.29 is 0 Å². The van der Waals surface area contributed by atoms with E-state index in [0.29, 0.717) is 0 Å². The molecule has 2 heterocycles. The first-order chi connectivity index (χ1) is 38.7. The second-order valence-corrected chi connectivity index (χ2v) is 23.8. The maximum absolute atomic E-state index is 2.64. The molecular formula is C75H45NS2. The molecule has 0 saturated heterocycles. The summed E-state index contributed by atoms with van der Waals surface area (Å²) >= 11 is 3.80. The van der Waals surface area contributed by atoms with Crippen LogP contribution in [0.25, 0.3) is 44.5 Å². The largest absolute Gasteiger partial charge is 0.310 e. The molecule has 2 aliphatic heterocycles. The van der Waals surface area contributed by atoms with Gasteiger partial charge >= 0.3 is 0 Å². The molecule has 4 aliphatic carbocycles. The summed E-state index contributed by atoms with van der Waals surface area (Å²) in [5.74, 6) is 0. The lowest BCUT2D eigenvalue weighted by Crippen LogP contribution is -2.32. The van der Waals surface area contributed by atoms with Crippen molar-refractivity contribution in [1.82, 2.24) is 0 Å². The van der Waals surface area contributed by atoms with Crippen LogP contribution in [0.5, 0.6) is 0 Å². The average molecular weight is 1020 g/mol. The van der Waals surface area contributed by atoms with E-state index in [-0.39, 0.29) is 0 Å². The molecule has 0 unspecified atom stereocenters. The predicted octanol–water partition coefficient (Wildman–Crippen LogP) is 19.2. The Kier molecular flexibility index (Phi) is 8.68. The highest BCUT2D eigenvalue weighted by atomic mass is 32.2. The maximum Gasteiger partial charge on any atom is 0.0736 e. The Morgan fingerprint density at radius 2 is 0.500 bits per heavy atom. The Morgan fingerprint density at radius 1 is 0.218 bits per heavy atom. The van der Waals surface area contributed by atoms with Crippen molar-refractivity contribution >= 4 is 40.6 Å². The van der Waals surface area contributed by atoms with E-state index in [2.05, 4.69) is 278 Å². The maximum atomic E-state index is 2.64. The van der Waals surface area contributed by atoms with Crippen LogP contribution in [-0.2, 0) is 16.2 Å². The van der Waals surface area contributed by atoms with Gasteiger partial charge in [-0.1, -0.05) is 242 Å².